The van der Waals surface area contributed by atoms with Gasteiger partial charge in [0.1, 0.15) is 5.65 Å². The van der Waals surface area contributed by atoms with Gasteiger partial charge in [-0.3, -0.25) is 9.36 Å². The highest BCUT2D eigenvalue weighted by Gasteiger charge is 2.25. The molecule has 0 atom stereocenters. The third-order valence-corrected chi connectivity index (χ3v) is 4.45. The molecule has 0 radical (unpaired) electrons. The number of fused-ring (bicyclic) bond motifs is 1. The molecule has 1 fully saturated rings. The summed E-state index contributed by atoms with van der Waals surface area (Å²) < 4.78 is 27.7. The van der Waals surface area contributed by atoms with Crippen LogP contribution in [0.3, 0.4) is 0 Å². The molecule has 1 aliphatic rings. The van der Waals surface area contributed by atoms with E-state index < -0.39 is 17.5 Å². The van der Waals surface area contributed by atoms with Crippen LogP contribution in [-0.4, -0.2) is 20.8 Å². The Balaban J connectivity index is 2.32. The van der Waals surface area contributed by atoms with E-state index in [1.807, 2.05) is 6.26 Å². The lowest BCUT2D eigenvalue weighted by Gasteiger charge is -2.17. The van der Waals surface area contributed by atoms with Gasteiger partial charge in [-0.1, -0.05) is 24.6 Å². The van der Waals surface area contributed by atoms with Crippen molar-refractivity contribution in [2.45, 2.75) is 43.3 Å². The fraction of sp³-hybridized carbons (Fsp3) is 0.500. The summed E-state index contributed by atoms with van der Waals surface area (Å²) in [6.07, 6.45) is 4.27. The van der Waals surface area contributed by atoms with Crippen LogP contribution in [0.2, 0.25) is 0 Å². The molecule has 4 nitrogen and oxygen atoms in total. The molecule has 7 heteroatoms. The van der Waals surface area contributed by atoms with Gasteiger partial charge in [-0.25, -0.2) is 18.7 Å². The van der Waals surface area contributed by atoms with Gasteiger partial charge in [0, 0.05) is 17.6 Å². The first kappa shape index (κ1) is 14.4. The van der Waals surface area contributed by atoms with E-state index in [0.717, 1.165) is 25.7 Å². The summed E-state index contributed by atoms with van der Waals surface area (Å²) in [7, 11) is 0. The van der Waals surface area contributed by atoms with Gasteiger partial charge >= 0.3 is 0 Å². The van der Waals surface area contributed by atoms with E-state index in [4.69, 9.17) is 0 Å². The summed E-state index contributed by atoms with van der Waals surface area (Å²) in [4.78, 5) is 20.9. The summed E-state index contributed by atoms with van der Waals surface area (Å²) in [5.41, 5.74) is -0.610. The predicted octanol–water partition coefficient (Wildman–Crippen LogP) is 3.57. The predicted molar refractivity (Wildman–Crippen MR) is 78.0 cm³/mol. The quantitative estimate of drug-likeness (QED) is 0.642. The first-order valence-corrected chi connectivity index (χ1v) is 8.08. The topological polar surface area (TPSA) is 47.8 Å². The minimum Gasteiger partial charge on any atom is -0.289 e. The molecule has 2 aromatic rings. The molecule has 0 aromatic carbocycles. The van der Waals surface area contributed by atoms with Crippen molar-refractivity contribution in [2.24, 2.45) is 0 Å². The van der Waals surface area contributed by atoms with Crippen LogP contribution in [0.5, 0.6) is 0 Å². The van der Waals surface area contributed by atoms with Crippen molar-refractivity contribution in [3.8, 4) is 0 Å². The van der Waals surface area contributed by atoms with E-state index in [2.05, 4.69) is 9.97 Å². The van der Waals surface area contributed by atoms with Gasteiger partial charge in [0.2, 0.25) is 0 Å². The molecule has 112 valence electrons. The Morgan fingerprint density at radius 2 is 2.10 bits per heavy atom. The number of alkyl halides is 2. The Morgan fingerprint density at radius 3 is 2.71 bits per heavy atom. The molecule has 0 saturated heterocycles. The number of hydrogen-bond acceptors (Lipinski definition) is 4. The molecule has 3 rings (SSSR count). The molecule has 0 N–H and O–H groups in total. The van der Waals surface area contributed by atoms with Crippen LogP contribution in [0.1, 0.15) is 43.7 Å². The minimum atomic E-state index is -2.78. The van der Waals surface area contributed by atoms with Crippen LogP contribution in [0.25, 0.3) is 11.0 Å². The normalized spacial score (nSPS) is 16.2. The molecule has 0 spiro atoms. The van der Waals surface area contributed by atoms with Crippen molar-refractivity contribution in [2.75, 3.05) is 6.26 Å². The van der Waals surface area contributed by atoms with E-state index in [9.17, 15) is 13.6 Å². The zero-order valence-electron chi connectivity index (χ0n) is 11.6. The third kappa shape index (κ3) is 2.54. The fourth-order valence-electron chi connectivity index (χ4n) is 2.88. The second-order valence-electron chi connectivity index (χ2n) is 5.15. The van der Waals surface area contributed by atoms with Gasteiger partial charge in [0.25, 0.3) is 12.0 Å². The maximum absolute atomic E-state index is 13.1. The lowest BCUT2D eigenvalue weighted by Crippen LogP contribution is -2.28. The summed E-state index contributed by atoms with van der Waals surface area (Å²) in [6.45, 7) is 0. The Kier molecular flexibility index (Phi) is 3.93. The van der Waals surface area contributed by atoms with E-state index in [0.29, 0.717) is 16.2 Å². The number of aromatic nitrogens is 3. The zero-order valence-corrected chi connectivity index (χ0v) is 12.4. The first-order chi connectivity index (χ1) is 10.1. The van der Waals surface area contributed by atoms with Crippen molar-refractivity contribution in [1.82, 2.24) is 14.5 Å². The van der Waals surface area contributed by atoms with Crippen LogP contribution in [0.15, 0.2) is 22.2 Å². The molecule has 2 aromatic heterocycles. The smallest absolute Gasteiger partial charge is 0.269 e. The molecular formula is C14H15F2N3OS. The zero-order chi connectivity index (χ0) is 15.0. The Bertz CT molecular complexity index is 726. The highest BCUT2D eigenvalue weighted by molar-refractivity contribution is 7.98. The summed E-state index contributed by atoms with van der Waals surface area (Å²) >= 11 is 1.37. The third-order valence-electron chi connectivity index (χ3n) is 3.89. The number of pyridine rings is 1. The van der Waals surface area contributed by atoms with E-state index in [1.54, 1.807) is 0 Å². The highest BCUT2D eigenvalue weighted by atomic mass is 32.2. The first-order valence-electron chi connectivity index (χ1n) is 6.86. The number of hydrogen-bond donors (Lipinski definition) is 0. The number of halogens is 2. The number of nitrogens with zero attached hydrogens (tertiary/aromatic N) is 3. The Labute approximate surface area is 124 Å². The lowest BCUT2D eigenvalue weighted by atomic mass is 10.1. The molecule has 0 bridgehead atoms. The number of thioether (sulfide) groups is 1. The Morgan fingerprint density at radius 1 is 1.38 bits per heavy atom. The van der Waals surface area contributed by atoms with Gasteiger partial charge in [-0.05, 0) is 25.2 Å². The lowest BCUT2D eigenvalue weighted by molar-refractivity contribution is 0.149. The van der Waals surface area contributed by atoms with Gasteiger partial charge in [0.15, 0.2) is 5.16 Å². The van der Waals surface area contributed by atoms with Gasteiger partial charge in [-0.15, -0.1) is 0 Å². The second kappa shape index (κ2) is 5.71. The van der Waals surface area contributed by atoms with Crippen molar-refractivity contribution in [1.29, 1.82) is 0 Å². The van der Waals surface area contributed by atoms with Crippen LogP contribution in [0, 0.1) is 0 Å². The van der Waals surface area contributed by atoms with Crippen LogP contribution in [0.4, 0.5) is 8.78 Å². The van der Waals surface area contributed by atoms with Gasteiger partial charge < -0.3 is 0 Å². The maximum atomic E-state index is 13.1. The number of rotatable bonds is 3. The molecule has 2 heterocycles. The van der Waals surface area contributed by atoms with E-state index >= 15 is 0 Å². The molecule has 0 aliphatic heterocycles. The van der Waals surface area contributed by atoms with Crippen molar-refractivity contribution < 1.29 is 8.78 Å². The second-order valence-corrected chi connectivity index (χ2v) is 5.92. The van der Waals surface area contributed by atoms with Crippen molar-refractivity contribution in [3.05, 3.63) is 28.2 Å². The average Bonchev–Trinajstić information content (AvgIpc) is 2.99. The molecule has 1 saturated carbocycles. The maximum Gasteiger partial charge on any atom is 0.269 e. The highest BCUT2D eigenvalue weighted by Crippen LogP contribution is 2.31. The van der Waals surface area contributed by atoms with Crippen LogP contribution >= 0.6 is 11.8 Å². The molecule has 0 unspecified atom stereocenters. The SMILES string of the molecule is CSc1ncc2cc(C(F)F)c(=O)n(C3CCCC3)c2n1. The van der Waals surface area contributed by atoms with E-state index in [-0.39, 0.29) is 6.04 Å². The van der Waals surface area contributed by atoms with Crippen LogP contribution < -0.4 is 5.56 Å². The summed E-state index contributed by atoms with van der Waals surface area (Å²) in [5, 5.41) is 1.04. The van der Waals surface area contributed by atoms with Gasteiger partial charge in [-0.2, -0.15) is 0 Å². The molecular weight excluding hydrogens is 296 g/mol. The van der Waals surface area contributed by atoms with Crippen molar-refractivity contribution >= 4 is 22.8 Å². The monoisotopic (exact) mass is 311 g/mol. The van der Waals surface area contributed by atoms with E-state index in [1.165, 1.54) is 28.6 Å². The van der Waals surface area contributed by atoms with Crippen molar-refractivity contribution in [3.63, 3.8) is 0 Å². The van der Waals surface area contributed by atoms with Gasteiger partial charge in [0.05, 0.1) is 5.56 Å². The average molecular weight is 311 g/mol. The Hall–Kier alpha value is -1.50. The van der Waals surface area contributed by atoms with Crippen LogP contribution in [-0.2, 0) is 0 Å². The minimum absolute atomic E-state index is 0.0386. The largest absolute Gasteiger partial charge is 0.289 e. The fourth-order valence-corrected chi connectivity index (χ4v) is 3.22. The summed E-state index contributed by atoms with van der Waals surface area (Å²) in [5.74, 6) is 0. The molecule has 1 aliphatic carbocycles. The molecule has 0 amide bonds. The molecule has 21 heavy (non-hydrogen) atoms. The standard InChI is InChI=1S/C14H15F2N3OS/c1-21-14-17-7-8-6-10(11(15)16)13(20)19(12(8)18-14)9-4-2-3-5-9/h6-7,9,11H,2-5H2,1H3. The summed E-state index contributed by atoms with van der Waals surface area (Å²) in [6, 6.07) is 1.18.